The first kappa shape index (κ1) is 15.8. The molecule has 0 aromatic heterocycles. The monoisotopic (exact) mass is 307 g/mol. The molecule has 0 amide bonds. The summed E-state index contributed by atoms with van der Waals surface area (Å²) in [4.78, 5) is 0. The largest absolute Gasteiger partial charge is 0.494 e. The first-order chi connectivity index (χ1) is 10.2. The Balaban J connectivity index is 1.87. The van der Waals surface area contributed by atoms with Crippen molar-refractivity contribution >= 4 is 11.6 Å². The van der Waals surface area contributed by atoms with Gasteiger partial charge in [-0.25, -0.2) is 4.39 Å². The zero-order valence-electron chi connectivity index (χ0n) is 12.0. The highest BCUT2D eigenvalue weighted by atomic mass is 35.5. The van der Waals surface area contributed by atoms with E-state index in [1.807, 2.05) is 37.4 Å². The minimum Gasteiger partial charge on any atom is -0.494 e. The normalized spacial score (nSPS) is 12.1. The average Bonchev–Trinajstić information content (AvgIpc) is 2.51. The molecular weight excluding hydrogens is 289 g/mol. The molecule has 4 heteroatoms. The Labute approximate surface area is 129 Å². The lowest BCUT2D eigenvalue weighted by Crippen LogP contribution is -2.29. The molecule has 0 aliphatic carbocycles. The summed E-state index contributed by atoms with van der Waals surface area (Å²) in [5, 5.41) is 3.82. The van der Waals surface area contributed by atoms with Crippen molar-refractivity contribution in [3.8, 4) is 5.75 Å². The topological polar surface area (TPSA) is 21.3 Å². The van der Waals surface area contributed by atoms with Gasteiger partial charge in [-0.1, -0.05) is 29.8 Å². The zero-order valence-corrected chi connectivity index (χ0v) is 12.7. The molecule has 0 saturated heterocycles. The molecular formula is C17H19ClFNO. The molecule has 2 aromatic carbocycles. The summed E-state index contributed by atoms with van der Waals surface area (Å²) < 4.78 is 19.0. The molecule has 1 atom stereocenters. The number of hydrogen-bond donors (Lipinski definition) is 1. The number of ether oxygens (including phenoxy) is 1. The number of hydrogen-bond acceptors (Lipinski definition) is 2. The van der Waals surface area contributed by atoms with Crippen LogP contribution in [0.2, 0.25) is 5.02 Å². The van der Waals surface area contributed by atoms with Crippen LogP contribution in [0.4, 0.5) is 4.39 Å². The van der Waals surface area contributed by atoms with Gasteiger partial charge in [0, 0.05) is 11.1 Å². The molecule has 1 N–H and O–H groups in total. The predicted molar refractivity (Wildman–Crippen MR) is 84.5 cm³/mol. The van der Waals surface area contributed by atoms with E-state index in [4.69, 9.17) is 16.3 Å². The van der Waals surface area contributed by atoms with E-state index in [0.717, 1.165) is 17.7 Å². The number of benzene rings is 2. The van der Waals surface area contributed by atoms with Gasteiger partial charge in [-0.2, -0.15) is 0 Å². The number of halogens is 2. The van der Waals surface area contributed by atoms with E-state index >= 15 is 0 Å². The Hall–Kier alpha value is -1.58. The second-order valence-electron chi connectivity index (χ2n) is 4.88. The lowest BCUT2D eigenvalue weighted by Gasteiger charge is -2.17. The molecule has 2 rings (SSSR count). The van der Waals surface area contributed by atoms with Gasteiger partial charge in [0.2, 0.25) is 0 Å². The van der Waals surface area contributed by atoms with Gasteiger partial charge in [0.15, 0.2) is 0 Å². The molecule has 0 aliphatic heterocycles. The van der Waals surface area contributed by atoms with Gasteiger partial charge in [0.05, 0.1) is 6.61 Å². The maximum atomic E-state index is 13.3. The SMILES string of the molecule is CNC(CCOc1ccccc1)Cc1cc(F)ccc1Cl. The maximum Gasteiger partial charge on any atom is 0.123 e. The van der Waals surface area contributed by atoms with Crippen LogP contribution in [0.15, 0.2) is 48.5 Å². The third-order valence-corrected chi connectivity index (χ3v) is 3.73. The Kier molecular flexibility index (Phi) is 6.03. The fourth-order valence-corrected chi connectivity index (χ4v) is 2.34. The second kappa shape index (κ2) is 8.01. The molecule has 0 aliphatic rings. The lowest BCUT2D eigenvalue weighted by molar-refractivity contribution is 0.288. The summed E-state index contributed by atoms with van der Waals surface area (Å²) >= 11 is 6.10. The number of para-hydroxylation sites is 1. The smallest absolute Gasteiger partial charge is 0.123 e. The second-order valence-corrected chi connectivity index (χ2v) is 5.28. The van der Waals surface area contributed by atoms with Gasteiger partial charge < -0.3 is 10.1 Å². The molecule has 0 bridgehead atoms. The number of nitrogens with one attached hydrogen (secondary N) is 1. The van der Waals surface area contributed by atoms with Crippen LogP contribution < -0.4 is 10.1 Å². The number of rotatable bonds is 7. The molecule has 0 saturated carbocycles. The quantitative estimate of drug-likeness (QED) is 0.832. The van der Waals surface area contributed by atoms with Crippen LogP contribution in [-0.4, -0.2) is 19.7 Å². The molecule has 21 heavy (non-hydrogen) atoms. The van der Waals surface area contributed by atoms with Crippen molar-refractivity contribution in [3.63, 3.8) is 0 Å². The fraction of sp³-hybridized carbons (Fsp3) is 0.294. The highest BCUT2D eigenvalue weighted by Gasteiger charge is 2.11. The van der Waals surface area contributed by atoms with Crippen molar-refractivity contribution in [1.82, 2.24) is 5.32 Å². The van der Waals surface area contributed by atoms with Crippen LogP contribution >= 0.6 is 11.6 Å². The van der Waals surface area contributed by atoms with Crippen molar-refractivity contribution in [2.75, 3.05) is 13.7 Å². The van der Waals surface area contributed by atoms with Crippen LogP contribution in [0.25, 0.3) is 0 Å². The van der Waals surface area contributed by atoms with Crippen molar-refractivity contribution in [1.29, 1.82) is 0 Å². The molecule has 2 nitrogen and oxygen atoms in total. The van der Waals surface area contributed by atoms with E-state index < -0.39 is 0 Å². The van der Waals surface area contributed by atoms with Crippen LogP contribution in [0, 0.1) is 5.82 Å². The fourth-order valence-electron chi connectivity index (χ4n) is 2.15. The van der Waals surface area contributed by atoms with Crippen molar-refractivity contribution in [2.45, 2.75) is 18.9 Å². The third-order valence-electron chi connectivity index (χ3n) is 3.36. The van der Waals surface area contributed by atoms with E-state index in [2.05, 4.69) is 5.32 Å². The summed E-state index contributed by atoms with van der Waals surface area (Å²) in [5.74, 6) is 0.598. The first-order valence-corrected chi connectivity index (χ1v) is 7.36. The minimum absolute atomic E-state index is 0.188. The molecule has 0 fully saturated rings. The van der Waals surface area contributed by atoms with E-state index in [1.165, 1.54) is 12.1 Å². The third kappa shape index (κ3) is 5.03. The van der Waals surface area contributed by atoms with E-state index in [9.17, 15) is 4.39 Å². The van der Waals surface area contributed by atoms with Gasteiger partial charge in [-0.3, -0.25) is 0 Å². The van der Waals surface area contributed by atoms with E-state index in [1.54, 1.807) is 6.07 Å². The maximum absolute atomic E-state index is 13.3. The molecule has 0 radical (unpaired) electrons. The zero-order chi connectivity index (χ0) is 15.1. The summed E-state index contributed by atoms with van der Waals surface area (Å²) in [7, 11) is 1.89. The van der Waals surface area contributed by atoms with Crippen molar-refractivity contribution in [3.05, 3.63) is 64.9 Å². The first-order valence-electron chi connectivity index (χ1n) is 6.98. The molecule has 2 aromatic rings. The summed E-state index contributed by atoms with van der Waals surface area (Å²) in [6.07, 6.45) is 1.49. The highest BCUT2D eigenvalue weighted by Crippen LogP contribution is 2.19. The lowest BCUT2D eigenvalue weighted by atomic mass is 10.0. The van der Waals surface area contributed by atoms with Crippen LogP contribution in [0.1, 0.15) is 12.0 Å². The van der Waals surface area contributed by atoms with Gasteiger partial charge in [0.25, 0.3) is 0 Å². The summed E-state index contributed by atoms with van der Waals surface area (Å²) in [6, 6.07) is 14.3. The highest BCUT2D eigenvalue weighted by molar-refractivity contribution is 6.31. The van der Waals surface area contributed by atoms with Gasteiger partial charge >= 0.3 is 0 Å². The van der Waals surface area contributed by atoms with Crippen LogP contribution in [0.5, 0.6) is 5.75 Å². The Morgan fingerprint density at radius 1 is 1.19 bits per heavy atom. The average molecular weight is 308 g/mol. The molecule has 1 unspecified atom stereocenters. The Morgan fingerprint density at radius 3 is 2.67 bits per heavy atom. The van der Waals surface area contributed by atoms with Crippen LogP contribution in [0.3, 0.4) is 0 Å². The Bertz CT molecular complexity index is 562. The molecule has 0 spiro atoms. The van der Waals surface area contributed by atoms with Gasteiger partial charge in [-0.15, -0.1) is 0 Å². The van der Waals surface area contributed by atoms with Crippen molar-refractivity contribution in [2.24, 2.45) is 0 Å². The summed E-state index contributed by atoms with van der Waals surface area (Å²) in [6.45, 7) is 0.600. The molecule has 0 heterocycles. The summed E-state index contributed by atoms with van der Waals surface area (Å²) in [5.41, 5.74) is 0.815. The minimum atomic E-state index is -0.259. The van der Waals surface area contributed by atoms with E-state index in [0.29, 0.717) is 18.1 Å². The van der Waals surface area contributed by atoms with Gasteiger partial charge in [-0.05, 0) is 55.8 Å². The molecule has 112 valence electrons. The van der Waals surface area contributed by atoms with Gasteiger partial charge in [0.1, 0.15) is 11.6 Å². The van der Waals surface area contributed by atoms with Crippen molar-refractivity contribution < 1.29 is 9.13 Å². The Morgan fingerprint density at radius 2 is 1.95 bits per heavy atom. The van der Waals surface area contributed by atoms with E-state index in [-0.39, 0.29) is 11.9 Å². The number of likely N-dealkylation sites (N-methyl/N-ethyl adjacent to an activating group) is 1. The predicted octanol–water partition coefficient (Wildman–Crippen LogP) is 4.08. The van der Waals surface area contributed by atoms with Crippen LogP contribution in [-0.2, 0) is 6.42 Å². The standard InChI is InChI=1S/C17H19ClFNO/c1-20-15(9-10-21-16-5-3-2-4-6-16)12-13-11-14(19)7-8-17(13)18/h2-8,11,15,20H,9-10,12H2,1H3.